The lowest BCUT2D eigenvalue weighted by atomic mass is 10.0. The Labute approximate surface area is 118 Å². The summed E-state index contributed by atoms with van der Waals surface area (Å²) in [6, 6.07) is 5.75. The van der Waals surface area contributed by atoms with Gasteiger partial charge in [0.1, 0.15) is 6.54 Å². The van der Waals surface area contributed by atoms with Crippen molar-refractivity contribution in [1.29, 1.82) is 0 Å². The molecule has 3 nitrogen and oxygen atoms in total. The highest BCUT2D eigenvalue weighted by Gasteiger charge is 2.13. The van der Waals surface area contributed by atoms with Crippen LogP contribution in [0.15, 0.2) is 18.2 Å². The predicted octanol–water partition coefficient (Wildman–Crippen LogP) is 3.65. The molecule has 0 aliphatic rings. The van der Waals surface area contributed by atoms with Crippen molar-refractivity contribution in [2.24, 2.45) is 0 Å². The van der Waals surface area contributed by atoms with Crippen LogP contribution >= 0.6 is 11.6 Å². The maximum absolute atomic E-state index is 12.2. The van der Waals surface area contributed by atoms with E-state index in [4.69, 9.17) is 11.6 Å². The maximum Gasteiger partial charge on any atom is 0.184 e. The summed E-state index contributed by atoms with van der Waals surface area (Å²) in [6.45, 7) is 7.97. The number of Topliss-reactive ketones (excluding diaryl/α,β-unsaturated/α-hetero) is 1. The topological polar surface area (TPSA) is 34.9 Å². The lowest BCUT2D eigenvalue weighted by Gasteiger charge is -2.06. The van der Waals surface area contributed by atoms with Crippen molar-refractivity contribution in [3.63, 3.8) is 0 Å². The molecular weight excluding hydrogens is 260 g/mol. The lowest BCUT2D eigenvalue weighted by molar-refractivity contribution is 0.0966. The molecule has 0 fully saturated rings. The minimum Gasteiger partial charge on any atom is -0.292 e. The summed E-state index contributed by atoms with van der Waals surface area (Å²) in [5.41, 5.74) is 4.61. The van der Waals surface area contributed by atoms with E-state index in [1.165, 1.54) is 5.56 Å². The Bertz CT molecular complexity index is 644. The summed E-state index contributed by atoms with van der Waals surface area (Å²) in [5.74, 6) is 0.0466. The van der Waals surface area contributed by atoms with Gasteiger partial charge in [-0.15, -0.1) is 0 Å². The molecule has 100 valence electrons. The van der Waals surface area contributed by atoms with Gasteiger partial charge >= 0.3 is 0 Å². The molecule has 0 bridgehead atoms. The molecule has 0 aliphatic heterocycles. The monoisotopic (exact) mass is 276 g/mol. The average Bonchev–Trinajstić information content (AvgIpc) is 2.60. The van der Waals surface area contributed by atoms with Gasteiger partial charge in [0.05, 0.1) is 16.4 Å². The molecule has 1 aromatic carbocycles. The number of benzene rings is 1. The summed E-state index contributed by atoms with van der Waals surface area (Å²) in [6.07, 6.45) is 0. The largest absolute Gasteiger partial charge is 0.292 e. The van der Waals surface area contributed by atoms with E-state index in [2.05, 4.69) is 5.10 Å². The summed E-state index contributed by atoms with van der Waals surface area (Å²) < 4.78 is 1.66. The van der Waals surface area contributed by atoms with E-state index < -0.39 is 0 Å². The van der Waals surface area contributed by atoms with Crippen LogP contribution in [0.4, 0.5) is 0 Å². The Morgan fingerprint density at radius 2 is 1.89 bits per heavy atom. The fourth-order valence-electron chi connectivity index (χ4n) is 1.97. The molecule has 1 aromatic heterocycles. The van der Waals surface area contributed by atoms with Gasteiger partial charge in [0, 0.05) is 5.56 Å². The number of nitrogens with zero attached hydrogens (tertiary/aromatic N) is 2. The van der Waals surface area contributed by atoms with Crippen LogP contribution in [0.1, 0.15) is 32.9 Å². The molecule has 0 spiro atoms. The second-order valence-electron chi connectivity index (χ2n) is 4.86. The van der Waals surface area contributed by atoms with Gasteiger partial charge in [-0.2, -0.15) is 5.10 Å². The molecule has 0 amide bonds. The van der Waals surface area contributed by atoms with Crippen LogP contribution in [0.2, 0.25) is 5.02 Å². The van der Waals surface area contributed by atoms with E-state index in [-0.39, 0.29) is 12.3 Å². The number of aromatic nitrogens is 2. The smallest absolute Gasteiger partial charge is 0.184 e. The molecule has 4 heteroatoms. The molecule has 1 heterocycles. The number of rotatable bonds is 3. The third-order valence-electron chi connectivity index (χ3n) is 3.42. The lowest BCUT2D eigenvalue weighted by Crippen LogP contribution is -2.13. The summed E-state index contributed by atoms with van der Waals surface area (Å²) in [4.78, 5) is 12.2. The molecule has 2 rings (SSSR count). The third-order valence-corrected chi connectivity index (χ3v) is 3.96. The second kappa shape index (κ2) is 5.17. The molecule has 0 radical (unpaired) electrons. The van der Waals surface area contributed by atoms with Gasteiger partial charge in [-0.25, -0.2) is 0 Å². The Kier molecular flexibility index (Phi) is 3.76. The number of hydrogen-bond acceptors (Lipinski definition) is 2. The van der Waals surface area contributed by atoms with Gasteiger partial charge in [-0.05, 0) is 44.9 Å². The number of carbonyl (C=O) groups excluding carboxylic acids is 1. The highest BCUT2D eigenvalue weighted by Crippen LogP contribution is 2.19. The second-order valence-corrected chi connectivity index (χ2v) is 5.24. The maximum atomic E-state index is 12.2. The Hall–Kier alpha value is -1.61. The Morgan fingerprint density at radius 3 is 2.42 bits per heavy atom. The molecule has 2 aromatic rings. The predicted molar refractivity (Wildman–Crippen MR) is 77.0 cm³/mol. The molecular formula is C15H17ClN2O. The van der Waals surface area contributed by atoms with E-state index in [9.17, 15) is 4.79 Å². The Balaban J connectivity index is 2.25. The SMILES string of the molecule is Cc1ccc(C(=O)Cn2nc(C)c(Cl)c2C)cc1C. The number of carbonyl (C=O) groups is 1. The normalized spacial score (nSPS) is 10.8. The quantitative estimate of drug-likeness (QED) is 0.802. The zero-order valence-electron chi connectivity index (χ0n) is 11.6. The first-order valence-electron chi connectivity index (χ1n) is 6.20. The van der Waals surface area contributed by atoms with Gasteiger partial charge in [0.15, 0.2) is 5.78 Å². The molecule has 0 unspecified atom stereocenters. The highest BCUT2D eigenvalue weighted by molar-refractivity contribution is 6.31. The van der Waals surface area contributed by atoms with E-state index >= 15 is 0 Å². The third kappa shape index (κ3) is 2.71. The van der Waals surface area contributed by atoms with Crippen molar-refractivity contribution in [1.82, 2.24) is 9.78 Å². The summed E-state index contributed by atoms with van der Waals surface area (Å²) in [7, 11) is 0. The van der Waals surface area contributed by atoms with E-state index in [1.807, 2.05) is 45.9 Å². The zero-order chi connectivity index (χ0) is 14.2. The van der Waals surface area contributed by atoms with E-state index in [0.717, 1.165) is 17.0 Å². The standard InChI is InChI=1S/C15H17ClN2O/c1-9-5-6-13(7-10(9)2)14(19)8-18-12(4)15(16)11(3)17-18/h5-7H,8H2,1-4H3. The van der Waals surface area contributed by atoms with Crippen molar-refractivity contribution >= 4 is 17.4 Å². The van der Waals surface area contributed by atoms with Crippen molar-refractivity contribution in [3.8, 4) is 0 Å². The fraction of sp³-hybridized carbons (Fsp3) is 0.333. The first-order valence-corrected chi connectivity index (χ1v) is 6.58. The van der Waals surface area contributed by atoms with Crippen LogP contribution in [-0.2, 0) is 6.54 Å². The minimum absolute atomic E-state index is 0.0466. The Morgan fingerprint density at radius 1 is 1.21 bits per heavy atom. The molecule has 0 atom stereocenters. The van der Waals surface area contributed by atoms with Crippen LogP contribution in [0.5, 0.6) is 0 Å². The highest BCUT2D eigenvalue weighted by atomic mass is 35.5. The first-order chi connectivity index (χ1) is 8.90. The van der Waals surface area contributed by atoms with Crippen molar-refractivity contribution < 1.29 is 4.79 Å². The van der Waals surface area contributed by atoms with Crippen LogP contribution < -0.4 is 0 Å². The summed E-state index contributed by atoms with van der Waals surface area (Å²) in [5, 5.41) is 4.91. The molecule has 0 N–H and O–H groups in total. The summed E-state index contributed by atoms with van der Waals surface area (Å²) >= 11 is 6.08. The van der Waals surface area contributed by atoms with E-state index in [1.54, 1.807) is 4.68 Å². The van der Waals surface area contributed by atoms with E-state index in [0.29, 0.717) is 10.6 Å². The van der Waals surface area contributed by atoms with Gasteiger partial charge in [0.2, 0.25) is 0 Å². The van der Waals surface area contributed by atoms with Gasteiger partial charge in [-0.3, -0.25) is 9.48 Å². The van der Waals surface area contributed by atoms with Crippen LogP contribution in [0.3, 0.4) is 0 Å². The number of halogens is 1. The zero-order valence-corrected chi connectivity index (χ0v) is 12.4. The van der Waals surface area contributed by atoms with Crippen molar-refractivity contribution in [2.45, 2.75) is 34.2 Å². The van der Waals surface area contributed by atoms with Gasteiger partial charge < -0.3 is 0 Å². The number of aryl methyl sites for hydroxylation is 3. The van der Waals surface area contributed by atoms with Gasteiger partial charge in [0.25, 0.3) is 0 Å². The average molecular weight is 277 g/mol. The van der Waals surface area contributed by atoms with Crippen LogP contribution in [0.25, 0.3) is 0 Å². The van der Waals surface area contributed by atoms with Crippen molar-refractivity contribution in [3.05, 3.63) is 51.3 Å². The molecule has 0 saturated heterocycles. The number of ketones is 1. The fourth-order valence-corrected chi connectivity index (χ4v) is 2.11. The molecule has 0 aliphatic carbocycles. The first kappa shape index (κ1) is 13.8. The number of hydrogen-bond donors (Lipinski definition) is 0. The van der Waals surface area contributed by atoms with Crippen molar-refractivity contribution in [2.75, 3.05) is 0 Å². The molecule has 0 saturated carbocycles. The van der Waals surface area contributed by atoms with Crippen LogP contribution in [-0.4, -0.2) is 15.6 Å². The van der Waals surface area contributed by atoms with Crippen LogP contribution in [0, 0.1) is 27.7 Å². The minimum atomic E-state index is 0.0466. The molecule has 19 heavy (non-hydrogen) atoms. The van der Waals surface area contributed by atoms with Gasteiger partial charge in [-0.1, -0.05) is 23.7 Å².